The van der Waals surface area contributed by atoms with Crippen LogP contribution in [0, 0.1) is 0 Å². The summed E-state index contributed by atoms with van der Waals surface area (Å²) in [6.07, 6.45) is 3.18. The van der Waals surface area contributed by atoms with Crippen molar-refractivity contribution in [3.63, 3.8) is 0 Å². The van der Waals surface area contributed by atoms with Crippen molar-refractivity contribution in [3.8, 4) is 0 Å². The lowest BCUT2D eigenvalue weighted by atomic mass is 9.78. The Hall–Kier alpha value is -0.540. The molecule has 2 nitrogen and oxygen atoms in total. The summed E-state index contributed by atoms with van der Waals surface area (Å²) < 4.78 is 0. The van der Waals surface area contributed by atoms with E-state index in [2.05, 4.69) is 5.32 Å². The van der Waals surface area contributed by atoms with E-state index < -0.39 is 0 Å². The van der Waals surface area contributed by atoms with E-state index in [1.54, 1.807) is 0 Å². The van der Waals surface area contributed by atoms with Crippen LogP contribution in [0.1, 0.15) is 28.9 Å². The van der Waals surface area contributed by atoms with E-state index in [4.69, 9.17) is 11.6 Å². The number of nitrogens with one attached hydrogen (secondary N) is 1. The molecule has 4 heteroatoms. The van der Waals surface area contributed by atoms with Crippen molar-refractivity contribution in [2.45, 2.75) is 24.8 Å². The summed E-state index contributed by atoms with van der Waals surface area (Å²) in [6.45, 7) is 0. The maximum absolute atomic E-state index is 11.7. The van der Waals surface area contributed by atoms with Gasteiger partial charge in [-0.25, -0.2) is 0 Å². The molecule has 76 valence electrons. The molecule has 1 aromatic heterocycles. The quantitative estimate of drug-likeness (QED) is 0.794. The van der Waals surface area contributed by atoms with Gasteiger partial charge in [0.05, 0.1) is 10.4 Å². The Kier molecular flexibility index (Phi) is 2.79. The van der Waals surface area contributed by atoms with Crippen molar-refractivity contribution in [1.29, 1.82) is 0 Å². The molecule has 0 bridgehead atoms. The van der Waals surface area contributed by atoms with Crippen LogP contribution in [-0.4, -0.2) is 17.3 Å². The van der Waals surface area contributed by atoms with Crippen LogP contribution in [0.5, 0.6) is 0 Å². The van der Waals surface area contributed by atoms with Crippen molar-refractivity contribution < 1.29 is 4.79 Å². The molecule has 1 aliphatic carbocycles. The third-order valence-corrected chi connectivity index (χ3v) is 4.07. The van der Waals surface area contributed by atoms with Gasteiger partial charge in [-0.05, 0) is 30.7 Å². The Bertz CT molecular complexity index is 313. The summed E-state index contributed by atoms with van der Waals surface area (Å²) in [7, 11) is 0. The average molecular weight is 230 g/mol. The molecule has 14 heavy (non-hydrogen) atoms. The molecule has 2 rings (SSSR count). The standard InChI is InChI=1S/C10H12ClNOS/c11-7-10(4-2-5-10)12-9(13)8-3-1-6-14-8/h1,3,6H,2,4-5,7H2,(H,12,13). The van der Waals surface area contributed by atoms with E-state index >= 15 is 0 Å². The molecule has 1 N–H and O–H groups in total. The van der Waals surface area contributed by atoms with Gasteiger partial charge in [0.2, 0.25) is 0 Å². The molecule has 1 aliphatic rings. The predicted octanol–water partition coefficient (Wildman–Crippen LogP) is 2.64. The van der Waals surface area contributed by atoms with E-state index in [1.165, 1.54) is 11.3 Å². The minimum Gasteiger partial charge on any atom is -0.345 e. The fourth-order valence-corrected chi connectivity index (χ4v) is 2.56. The summed E-state index contributed by atoms with van der Waals surface area (Å²) in [6, 6.07) is 3.72. The lowest BCUT2D eigenvalue weighted by Gasteiger charge is -2.40. The van der Waals surface area contributed by atoms with E-state index in [-0.39, 0.29) is 11.4 Å². The Balaban J connectivity index is 2.01. The molecule has 0 saturated heterocycles. The molecule has 0 aromatic carbocycles. The molecule has 1 fully saturated rings. The molecular formula is C10H12ClNOS. The molecule has 0 aliphatic heterocycles. The van der Waals surface area contributed by atoms with Gasteiger partial charge in [0.1, 0.15) is 0 Å². The van der Waals surface area contributed by atoms with Crippen molar-refractivity contribution in [2.75, 3.05) is 5.88 Å². The first-order chi connectivity index (χ1) is 6.76. The minimum atomic E-state index is -0.122. The first-order valence-electron chi connectivity index (χ1n) is 4.68. The summed E-state index contributed by atoms with van der Waals surface area (Å²) in [5, 5.41) is 4.93. The number of halogens is 1. The molecule has 1 saturated carbocycles. The number of rotatable bonds is 3. The van der Waals surface area contributed by atoms with Gasteiger partial charge >= 0.3 is 0 Å². The smallest absolute Gasteiger partial charge is 0.261 e. The number of alkyl halides is 1. The van der Waals surface area contributed by atoms with E-state index in [0.29, 0.717) is 5.88 Å². The Morgan fingerprint density at radius 1 is 1.64 bits per heavy atom. The highest BCUT2D eigenvalue weighted by Gasteiger charge is 2.37. The first kappa shape index (κ1) is 9.99. The Labute approximate surface area is 92.3 Å². The number of carbonyl (C=O) groups is 1. The number of thiophene rings is 1. The fourth-order valence-electron chi connectivity index (χ4n) is 1.61. The maximum Gasteiger partial charge on any atom is 0.261 e. The minimum absolute atomic E-state index is 0.0142. The van der Waals surface area contributed by atoms with Crippen molar-refractivity contribution in [2.24, 2.45) is 0 Å². The van der Waals surface area contributed by atoms with Crippen LogP contribution in [0.25, 0.3) is 0 Å². The lowest BCUT2D eigenvalue weighted by molar-refractivity contribution is 0.0858. The zero-order valence-corrected chi connectivity index (χ0v) is 9.33. The van der Waals surface area contributed by atoms with Crippen LogP contribution in [0.15, 0.2) is 17.5 Å². The van der Waals surface area contributed by atoms with Gasteiger partial charge in [0.15, 0.2) is 0 Å². The van der Waals surface area contributed by atoms with Crippen molar-refractivity contribution in [1.82, 2.24) is 5.32 Å². The van der Waals surface area contributed by atoms with Gasteiger partial charge in [0.25, 0.3) is 5.91 Å². The fraction of sp³-hybridized carbons (Fsp3) is 0.500. The maximum atomic E-state index is 11.7. The molecule has 1 amide bonds. The molecule has 0 atom stereocenters. The number of carbonyl (C=O) groups excluding carboxylic acids is 1. The number of hydrogen-bond donors (Lipinski definition) is 1. The predicted molar refractivity (Wildman–Crippen MR) is 59.1 cm³/mol. The van der Waals surface area contributed by atoms with Gasteiger partial charge in [-0.2, -0.15) is 0 Å². The van der Waals surface area contributed by atoms with Crippen LogP contribution in [-0.2, 0) is 0 Å². The van der Waals surface area contributed by atoms with E-state index in [9.17, 15) is 4.79 Å². The van der Waals surface area contributed by atoms with Crippen molar-refractivity contribution >= 4 is 28.8 Å². The lowest BCUT2D eigenvalue weighted by Crippen LogP contribution is -2.54. The summed E-state index contributed by atoms with van der Waals surface area (Å²) in [5.41, 5.74) is -0.122. The van der Waals surface area contributed by atoms with Crippen LogP contribution >= 0.6 is 22.9 Å². The van der Waals surface area contributed by atoms with E-state index in [1.807, 2.05) is 17.5 Å². The molecule has 0 radical (unpaired) electrons. The molecule has 0 unspecified atom stereocenters. The average Bonchev–Trinajstić information content (AvgIpc) is 2.63. The molecule has 1 aromatic rings. The highest BCUT2D eigenvalue weighted by Crippen LogP contribution is 2.33. The van der Waals surface area contributed by atoms with Crippen LogP contribution < -0.4 is 5.32 Å². The second-order valence-corrected chi connectivity index (χ2v) is 4.91. The second-order valence-electron chi connectivity index (χ2n) is 3.70. The summed E-state index contributed by atoms with van der Waals surface area (Å²) >= 11 is 7.32. The first-order valence-corrected chi connectivity index (χ1v) is 6.09. The third-order valence-electron chi connectivity index (χ3n) is 2.69. The number of amides is 1. The van der Waals surface area contributed by atoms with Gasteiger partial charge in [-0.1, -0.05) is 6.07 Å². The summed E-state index contributed by atoms with van der Waals surface area (Å²) in [5.74, 6) is 0.532. The van der Waals surface area contributed by atoms with Crippen LogP contribution in [0.3, 0.4) is 0 Å². The largest absolute Gasteiger partial charge is 0.345 e. The normalized spacial score (nSPS) is 18.6. The van der Waals surface area contributed by atoms with Gasteiger partial charge in [-0.3, -0.25) is 4.79 Å². The van der Waals surface area contributed by atoms with Crippen LogP contribution in [0.2, 0.25) is 0 Å². The molecular weight excluding hydrogens is 218 g/mol. The monoisotopic (exact) mass is 229 g/mol. The highest BCUT2D eigenvalue weighted by molar-refractivity contribution is 7.12. The number of hydrogen-bond acceptors (Lipinski definition) is 2. The van der Waals surface area contributed by atoms with Gasteiger partial charge < -0.3 is 5.32 Å². The van der Waals surface area contributed by atoms with Crippen LogP contribution in [0.4, 0.5) is 0 Å². The van der Waals surface area contributed by atoms with Gasteiger partial charge in [0, 0.05) is 5.88 Å². The van der Waals surface area contributed by atoms with Gasteiger partial charge in [-0.15, -0.1) is 22.9 Å². The van der Waals surface area contributed by atoms with E-state index in [0.717, 1.165) is 24.1 Å². The zero-order valence-electron chi connectivity index (χ0n) is 7.75. The third kappa shape index (κ3) is 1.79. The zero-order chi connectivity index (χ0) is 10.0. The Morgan fingerprint density at radius 2 is 2.43 bits per heavy atom. The Morgan fingerprint density at radius 3 is 2.86 bits per heavy atom. The highest BCUT2D eigenvalue weighted by atomic mass is 35.5. The molecule has 1 heterocycles. The second kappa shape index (κ2) is 3.91. The molecule has 0 spiro atoms. The van der Waals surface area contributed by atoms with Crippen molar-refractivity contribution in [3.05, 3.63) is 22.4 Å². The SMILES string of the molecule is O=C(NC1(CCl)CCC1)c1cccs1. The summed E-state index contributed by atoms with van der Waals surface area (Å²) in [4.78, 5) is 12.5. The topological polar surface area (TPSA) is 29.1 Å².